The summed E-state index contributed by atoms with van der Waals surface area (Å²) < 4.78 is 72.3. The number of hydrogen-bond donors (Lipinski definition) is 1. The number of methoxy groups -OCH3 is 1. The highest BCUT2D eigenvalue weighted by Crippen LogP contribution is 2.30. The van der Waals surface area contributed by atoms with Crippen molar-refractivity contribution in [2.75, 3.05) is 18.7 Å². The van der Waals surface area contributed by atoms with Gasteiger partial charge in [0.15, 0.2) is 5.82 Å². The van der Waals surface area contributed by atoms with E-state index in [9.17, 15) is 21.2 Å². The first-order chi connectivity index (χ1) is 18.0. The molecule has 0 aliphatic carbocycles. The van der Waals surface area contributed by atoms with Crippen LogP contribution in [0, 0.1) is 5.82 Å². The largest absolute Gasteiger partial charge is 0.497 e. The molecule has 38 heavy (non-hydrogen) atoms. The van der Waals surface area contributed by atoms with Crippen molar-refractivity contribution in [3.05, 3.63) is 90.0 Å². The molecule has 0 spiro atoms. The lowest BCUT2D eigenvalue weighted by Gasteiger charge is -2.12. The summed E-state index contributed by atoms with van der Waals surface area (Å²) in [5.41, 5.74) is 1.93. The Bertz CT molecular complexity index is 1680. The number of nitrogens with one attached hydrogen (secondary N) is 1. The Morgan fingerprint density at radius 1 is 0.921 bits per heavy atom. The summed E-state index contributed by atoms with van der Waals surface area (Å²) in [5.74, 6) is 0.0467. The molecule has 0 saturated heterocycles. The molecule has 0 atom stereocenters. The van der Waals surface area contributed by atoms with Crippen molar-refractivity contribution in [2.24, 2.45) is 0 Å². The third-order valence-electron chi connectivity index (χ3n) is 5.27. The molecular weight excluding hydrogens is 535 g/mol. The van der Waals surface area contributed by atoms with Crippen LogP contribution >= 0.6 is 0 Å². The fourth-order valence-electron chi connectivity index (χ4n) is 3.39. The summed E-state index contributed by atoms with van der Waals surface area (Å²) in [6.07, 6.45) is 1.92. The minimum Gasteiger partial charge on any atom is -0.497 e. The summed E-state index contributed by atoms with van der Waals surface area (Å²) in [4.78, 5) is 12.7. The molecule has 0 unspecified atom stereocenters. The number of hydrogen-bond acceptors (Lipinski definition) is 10. The second kappa shape index (κ2) is 11.1. The van der Waals surface area contributed by atoms with Gasteiger partial charge in [0, 0.05) is 11.8 Å². The molecular formula is C25H23FN4O6S2. The molecule has 0 aliphatic heterocycles. The zero-order chi connectivity index (χ0) is 27.3. The Balaban J connectivity index is 1.56. The van der Waals surface area contributed by atoms with Crippen LogP contribution in [0.25, 0.3) is 11.4 Å². The fraction of sp³-hybridized carbons (Fsp3) is 0.160. The lowest BCUT2D eigenvalue weighted by Crippen LogP contribution is -2.15. The summed E-state index contributed by atoms with van der Waals surface area (Å²) >= 11 is 0. The van der Waals surface area contributed by atoms with E-state index < -0.39 is 29.3 Å². The molecule has 4 aromatic rings. The summed E-state index contributed by atoms with van der Waals surface area (Å²) in [6, 6.07) is 17.4. The average molecular weight is 559 g/mol. The van der Waals surface area contributed by atoms with Crippen LogP contribution in [0.2, 0.25) is 0 Å². The van der Waals surface area contributed by atoms with Gasteiger partial charge in [-0.3, -0.25) is 0 Å². The van der Waals surface area contributed by atoms with Gasteiger partial charge in [-0.25, -0.2) is 31.2 Å². The number of benzene rings is 3. The maximum Gasteiger partial charge on any atom is 0.257 e. The molecule has 0 fully saturated rings. The molecule has 4 rings (SSSR count). The van der Waals surface area contributed by atoms with E-state index in [1.165, 1.54) is 36.7 Å². The van der Waals surface area contributed by atoms with Gasteiger partial charge >= 0.3 is 0 Å². The van der Waals surface area contributed by atoms with Crippen LogP contribution in [0.3, 0.4) is 0 Å². The Kier molecular flexibility index (Phi) is 7.88. The van der Waals surface area contributed by atoms with Crippen molar-refractivity contribution in [1.29, 1.82) is 0 Å². The predicted octanol–water partition coefficient (Wildman–Crippen LogP) is 3.88. The van der Waals surface area contributed by atoms with Crippen molar-refractivity contribution >= 4 is 29.4 Å². The molecule has 1 N–H and O–H groups in total. The van der Waals surface area contributed by atoms with Crippen molar-refractivity contribution < 1.29 is 30.7 Å². The van der Waals surface area contributed by atoms with E-state index in [0.717, 1.165) is 5.56 Å². The van der Waals surface area contributed by atoms with Gasteiger partial charge in [-0.05, 0) is 47.5 Å². The maximum absolute atomic E-state index is 14.1. The molecule has 0 amide bonds. The van der Waals surface area contributed by atoms with Crippen molar-refractivity contribution in [3.63, 3.8) is 0 Å². The van der Waals surface area contributed by atoms with E-state index in [1.54, 1.807) is 31.4 Å². The Labute approximate surface area is 218 Å². The van der Waals surface area contributed by atoms with E-state index in [0.29, 0.717) is 23.3 Å². The van der Waals surface area contributed by atoms with Gasteiger partial charge in [0.05, 0.1) is 24.7 Å². The number of ether oxygens (including phenoxy) is 2. The lowest BCUT2D eigenvalue weighted by molar-refractivity contribution is 0.304. The first kappa shape index (κ1) is 26.9. The molecule has 0 aliphatic rings. The molecule has 198 valence electrons. The molecule has 13 heteroatoms. The zero-order valence-corrected chi connectivity index (χ0v) is 22.0. The Hall–Kier alpha value is -4.10. The second-order valence-corrected chi connectivity index (χ2v) is 14.3. The molecule has 0 bridgehead atoms. The normalized spacial score (nSPS) is 11.7. The zero-order valence-electron chi connectivity index (χ0n) is 20.3. The minimum atomic E-state index is -4.37. The van der Waals surface area contributed by atoms with Crippen molar-refractivity contribution in [2.45, 2.75) is 12.4 Å². The lowest BCUT2D eigenvalue weighted by atomic mass is 10.1. The molecule has 0 radical (unpaired) electrons. The van der Waals surface area contributed by atoms with Crippen LogP contribution in [0.4, 0.5) is 16.0 Å². The van der Waals surface area contributed by atoms with Gasteiger partial charge in [-0.2, -0.15) is 4.98 Å². The number of rotatable bonds is 10. The standard InChI is InChI=1S/C25H23FN4O6S2/c1-35-21-8-4-5-17(12-21)14-36-23-13-19(26)9-10-22(23)24-27-16-28-25(30-24)29-20-7-3-6-18(11-20)15-38(33,34)37(2,31)32/h3-13,16H,14-15H2,1-2H3,(H,27,28,29,30). The monoisotopic (exact) mass is 558 g/mol. The van der Waals surface area contributed by atoms with Crippen molar-refractivity contribution in [1.82, 2.24) is 15.0 Å². The van der Waals surface area contributed by atoms with Crippen LogP contribution in [0.15, 0.2) is 73.1 Å². The van der Waals surface area contributed by atoms with Crippen LogP contribution < -0.4 is 14.8 Å². The number of nitrogens with zero attached hydrogens (tertiary/aromatic N) is 3. The van der Waals surface area contributed by atoms with Gasteiger partial charge < -0.3 is 14.8 Å². The highest BCUT2D eigenvalue weighted by molar-refractivity contribution is 8.66. The highest BCUT2D eigenvalue weighted by Gasteiger charge is 2.24. The average Bonchev–Trinajstić information content (AvgIpc) is 2.87. The van der Waals surface area contributed by atoms with E-state index >= 15 is 0 Å². The Morgan fingerprint density at radius 2 is 1.68 bits per heavy atom. The van der Waals surface area contributed by atoms with E-state index in [-0.39, 0.29) is 29.7 Å². The van der Waals surface area contributed by atoms with Crippen LogP contribution in [-0.2, 0) is 30.1 Å². The van der Waals surface area contributed by atoms with Gasteiger partial charge in [-0.1, -0.05) is 24.3 Å². The first-order valence-electron chi connectivity index (χ1n) is 11.1. The molecule has 10 nitrogen and oxygen atoms in total. The smallest absolute Gasteiger partial charge is 0.257 e. The number of halogens is 1. The molecule has 0 saturated carbocycles. The van der Waals surface area contributed by atoms with E-state index in [1.807, 2.05) is 12.1 Å². The van der Waals surface area contributed by atoms with Gasteiger partial charge in [-0.15, -0.1) is 0 Å². The first-order valence-corrected chi connectivity index (χ1v) is 15.1. The number of aromatic nitrogens is 3. The molecule has 1 heterocycles. The Morgan fingerprint density at radius 3 is 2.45 bits per heavy atom. The second-order valence-electron chi connectivity index (χ2n) is 8.14. The third kappa shape index (κ3) is 6.61. The highest BCUT2D eigenvalue weighted by atomic mass is 33.2. The van der Waals surface area contributed by atoms with Gasteiger partial charge in [0.25, 0.3) is 17.7 Å². The van der Waals surface area contributed by atoms with Crippen LogP contribution in [0.5, 0.6) is 11.5 Å². The summed E-state index contributed by atoms with van der Waals surface area (Å²) in [5, 5.41) is 2.95. The topological polar surface area (TPSA) is 137 Å². The molecule has 1 aromatic heterocycles. The van der Waals surface area contributed by atoms with E-state index in [4.69, 9.17) is 9.47 Å². The minimum absolute atomic E-state index is 0.126. The van der Waals surface area contributed by atoms with Gasteiger partial charge in [0.2, 0.25) is 5.95 Å². The fourth-order valence-corrected chi connectivity index (χ4v) is 5.24. The predicted molar refractivity (Wildman–Crippen MR) is 140 cm³/mol. The quantitative estimate of drug-likeness (QED) is 0.285. The van der Waals surface area contributed by atoms with Crippen LogP contribution in [-0.4, -0.2) is 45.2 Å². The van der Waals surface area contributed by atoms with E-state index in [2.05, 4.69) is 20.3 Å². The maximum atomic E-state index is 14.1. The van der Waals surface area contributed by atoms with Crippen molar-refractivity contribution in [3.8, 4) is 22.9 Å². The number of anilines is 2. The summed E-state index contributed by atoms with van der Waals surface area (Å²) in [7, 11) is -7.08. The summed E-state index contributed by atoms with van der Waals surface area (Å²) in [6.45, 7) is 0.146. The third-order valence-corrected chi connectivity index (χ3v) is 10.0. The molecule has 3 aromatic carbocycles. The SMILES string of the molecule is COc1cccc(COc2cc(F)ccc2-c2ncnc(Nc3cccc(CS(=O)(=O)S(C)(=O)=O)c3)n2)c1. The van der Waals surface area contributed by atoms with Gasteiger partial charge in [0.1, 0.15) is 30.3 Å². The van der Waals surface area contributed by atoms with Crippen LogP contribution in [0.1, 0.15) is 11.1 Å².